The Kier molecular flexibility index (Phi) is 18.7. The first-order valence-corrected chi connectivity index (χ1v) is 36.6. The smallest absolute Gasteiger partial charge is 0.450 e. The number of carbonyl (C=O) groups excluding carboxylic acids is 3. The summed E-state index contributed by atoms with van der Waals surface area (Å²) < 4.78 is 66.1. The molecule has 0 saturated carbocycles. The van der Waals surface area contributed by atoms with Crippen LogP contribution in [0.5, 0.6) is 0 Å². The molecule has 0 bridgehead atoms. The number of halogens is 4. The second kappa shape index (κ2) is 27.9. The molecule has 10 aromatic heterocycles. The zero-order valence-electron chi connectivity index (χ0n) is 60.4. The molecule has 29 heteroatoms. The quantitative estimate of drug-likeness (QED) is 0.127. The molecule has 0 spiro atoms. The van der Waals surface area contributed by atoms with Gasteiger partial charge >= 0.3 is 6.18 Å². The van der Waals surface area contributed by atoms with E-state index >= 15 is 0 Å². The number of aryl methyl sites for hydroxylation is 7. The van der Waals surface area contributed by atoms with Gasteiger partial charge in [0.25, 0.3) is 23.5 Å². The SMILES string of the molecule is Cc1cc(C(=O)N2CCCC[C@H]2c2cc3nc(N4CC[C@H](C)C4)c(C)cn3n2)c(C(F)(F)F)o1.Cc1cc(C)n2nc(C(=O)N3CCCC[C@H]3c3cc4nc(N5CC[C@H](N)C5)c(C)cn4n3)nc2n1.Cc1cn2nc([C@@H]3CCCCN3C(=O)c3[nH]c4ccc(F)cc4c3C)cc2nc1N1CC[C@H](C)C1. The Hall–Kier alpha value is -10.1. The number of furan rings is 1. The van der Waals surface area contributed by atoms with Crippen molar-refractivity contribution in [1.29, 1.82) is 0 Å². The van der Waals surface area contributed by atoms with Crippen molar-refractivity contribution in [2.75, 3.05) is 73.6 Å². The Morgan fingerprint density at radius 3 is 1.49 bits per heavy atom. The highest BCUT2D eigenvalue weighted by Crippen LogP contribution is 2.41. The second-order valence-corrected chi connectivity index (χ2v) is 29.7. The lowest BCUT2D eigenvalue weighted by Gasteiger charge is -2.34. The predicted octanol–water partition coefficient (Wildman–Crippen LogP) is 12.3. The molecule has 0 radical (unpaired) electrons. The van der Waals surface area contributed by atoms with Crippen molar-refractivity contribution in [3.8, 4) is 0 Å². The molecule has 25 nitrogen and oxygen atoms in total. The van der Waals surface area contributed by atoms with Crippen molar-refractivity contribution in [3.63, 3.8) is 0 Å². The lowest BCUT2D eigenvalue weighted by atomic mass is 9.98. The summed E-state index contributed by atoms with van der Waals surface area (Å²) in [6.07, 6.45) is 12.4. The number of fused-ring (bicyclic) bond motifs is 5. The maximum atomic E-state index is 13.8. The first kappa shape index (κ1) is 69.6. The Labute approximate surface area is 598 Å². The number of alkyl halides is 3. The van der Waals surface area contributed by atoms with Crippen LogP contribution >= 0.6 is 0 Å². The molecule has 104 heavy (non-hydrogen) atoms. The van der Waals surface area contributed by atoms with Gasteiger partial charge in [0.15, 0.2) is 16.9 Å². The molecule has 16 heterocycles. The summed E-state index contributed by atoms with van der Waals surface area (Å²) in [4.78, 5) is 79.6. The third kappa shape index (κ3) is 13.5. The van der Waals surface area contributed by atoms with Crippen molar-refractivity contribution < 1.29 is 36.4 Å². The summed E-state index contributed by atoms with van der Waals surface area (Å²) in [6.45, 7) is 25.2. The fraction of sp³-hybridized carbons (Fsp3) is 0.493. The molecule has 6 atom stereocenters. The number of amides is 3. The molecule has 6 aliphatic rings. The summed E-state index contributed by atoms with van der Waals surface area (Å²) in [6, 6.07) is 13.1. The Balaban J connectivity index is 0.000000126. The zero-order chi connectivity index (χ0) is 72.7. The molecule has 6 saturated heterocycles. The van der Waals surface area contributed by atoms with Gasteiger partial charge in [-0.15, -0.1) is 5.10 Å². The number of nitrogens with one attached hydrogen (secondary N) is 1. The van der Waals surface area contributed by atoms with Crippen LogP contribution in [-0.4, -0.2) is 166 Å². The standard InChI is InChI=1S/C27H31FN6O.C24H28F3N5O2.C24H30N10O/c1-16-9-11-32(14-16)26-17(2)15-34-24(30-26)13-22(31-34)23-6-4-5-10-33(23)27(35)25-18(3)20-12-19(28)7-8-21(20)29-25;1-14-7-9-30(12-14)22-15(2)13-32-20(28-22)11-18(29-32)19-6-4-5-8-31(19)23(33)17-10-16(3)34-21(17)24(25,26)27;1-14-12-33-20(27-22(14)31-9-7-17(25)13-31)11-18(29-33)19-6-4-5-8-32(19)23(35)21-28-24-26-15(2)10-16(3)34(24)30-21/h7-8,12-13,15-16,23,29H,4-6,9-11,14H2,1-3H3;10-11,13-14,19H,4-9,12H2,1-3H3;10-12,17,19H,4-9,13,25H2,1-3H3/t16-,23-;14-,19-;17-,19-/m000/s1. The molecule has 3 N–H and O–H groups in total. The Bertz CT molecular complexity index is 5110. The fourth-order valence-corrected chi connectivity index (χ4v) is 16.3. The van der Waals surface area contributed by atoms with E-state index in [0.717, 1.165) is 188 Å². The van der Waals surface area contributed by atoms with E-state index in [0.29, 0.717) is 60.7 Å². The highest BCUT2D eigenvalue weighted by atomic mass is 19.4. The van der Waals surface area contributed by atoms with Gasteiger partial charge in [-0.1, -0.05) is 13.8 Å². The lowest BCUT2D eigenvalue weighted by molar-refractivity contribution is -0.153. The van der Waals surface area contributed by atoms with Crippen LogP contribution in [0.3, 0.4) is 0 Å². The van der Waals surface area contributed by atoms with Gasteiger partial charge in [-0.05, 0) is 173 Å². The maximum Gasteiger partial charge on any atom is 0.450 e. The van der Waals surface area contributed by atoms with Gasteiger partial charge in [-0.25, -0.2) is 42.4 Å². The molecule has 3 amide bonds. The van der Waals surface area contributed by atoms with E-state index in [1.807, 2.05) is 83.2 Å². The van der Waals surface area contributed by atoms with Crippen molar-refractivity contribution in [2.45, 2.75) is 170 Å². The number of nitrogens with two attached hydrogens (primary N) is 1. The third-order valence-electron chi connectivity index (χ3n) is 21.5. The van der Waals surface area contributed by atoms with Crippen LogP contribution in [-0.2, 0) is 6.18 Å². The molecular weight excluding hydrogens is 1330 g/mol. The lowest BCUT2D eigenvalue weighted by Crippen LogP contribution is -2.39. The maximum absolute atomic E-state index is 13.8. The number of carbonyl (C=O) groups is 3. The molecule has 0 aliphatic carbocycles. The van der Waals surface area contributed by atoms with Gasteiger partial charge in [-0.3, -0.25) is 14.4 Å². The molecule has 6 fully saturated rings. The Morgan fingerprint density at radius 2 is 1.02 bits per heavy atom. The number of piperidine rings is 3. The summed E-state index contributed by atoms with van der Waals surface area (Å²) in [5.74, 6) is 2.43. The Morgan fingerprint density at radius 1 is 0.538 bits per heavy atom. The largest absolute Gasteiger partial charge is 0.456 e. The molecule has 11 aromatic rings. The van der Waals surface area contributed by atoms with E-state index in [1.54, 1.807) is 15.1 Å². The topological polar surface area (TPSA) is 259 Å². The molecule has 6 aliphatic heterocycles. The summed E-state index contributed by atoms with van der Waals surface area (Å²) in [5.41, 5.74) is 17.3. The van der Waals surface area contributed by atoms with E-state index in [9.17, 15) is 31.9 Å². The molecule has 1 aromatic carbocycles. The van der Waals surface area contributed by atoms with E-state index in [4.69, 9.17) is 35.3 Å². The van der Waals surface area contributed by atoms with Gasteiger partial charge in [0, 0.05) is 141 Å². The number of aromatic amines is 1. The highest BCUT2D eigenvalue weighted by molar-refractivity contribution is 6.01. The minimum atomic E-state index is -4.74. The first-order valence-electron chi connectivity index (χ1n) is 36.6. The number of nitrogens with zero attached hydrogens (tertiary/aromatic N) is 19. The van der Waals surface area contributed by atoms with Crippen LogP contribution < -0.4 is 20.4 Å². The van der Waals surface area contributed by atoms with Crippen LogP contribution in [0.1, 0.15) is 203 Å². The first-order chi connectivity index (χ1) is 49.9. The summed E-state index contributed by atoms with van der Waals surface area (Å²) in [5, 5.41) is 19.6. The number of hydrogen-bond acceptors (Lipinski definition) is 17. The number of rotatable bonds is 9. The fourth-order valence-electron chi connectivity index (χ4n) is 16.3. The monoisotopic (exact) mass is 1420 g/mol. The number of benzene rings is 1. The summed E-state index contributed by atoms with van der Waals surface area (Å²) in [7, 11) is 0. The van der Waals surface area contributed by atoms with E-state index in [-0.39, 0.29) is 47.3 Å². The van der Waals surface area contributed by atoms with Crippen LogP contribution in [0.15, 0.2) is 71.5 Å². The average Bonchev–Trinajstić information content (AvgIpc) is 1.63. The number of anilines is 3. The van der Waals surface area contributed by atoms with Gasteiger partial charge in [0.05, 0.1) is 40.8 Å². The van der Waals surface area contributed by atoms with Crippen LogP contribution in [0.2, 0.25) is 0 Å². The van der Waals surface area contributed by atoms with Crippen LogP contribution in [0.25, 0.3) is 33.6 Å². The average molecular weight is 1420 g/mol. The van der Waals surface area contributed by atoms with Gasteiger partial charge in [0.1, 0.15) is 34.7 Å². The normalized spacial score (nSPS) is 21.1. The number of aromatic nitrogens is 14. The molecular formula is C75H89F4N21O4. The number of likely N-dealkylation sites (tertiary alicyclic amines) is 3. The minimum absolute atomic E-state index is 0.0559. The van der Waals surface area contributed by atoms with Gasteiger partial charge in [0.2, 0.25) is 11.6 Å². The van der Waals surface area contributed by atoms with Crippen LogP contribution in [0.4, 0.5) is 35.0 Å². The van der Waals surface area contributed by atoms with E-state index in [1.165, 1.54) is 36.4 Å². The van der Waals surface area contributed by atoms with Gasteiger partial charge in [-0.2, -0.15) is 33.5 Å². The molecule has 546 valence electrons. The highest BCUT2D eigenvalue weighted by Gasteiger charge is 2.43. The van der Waals surface area contributed by atoms with Crippen molar-refractivity contribution in [2.24, 2.45) is 17.6 Å². The number of hydrogen-bond donors (Lipinski definition) is 2. The van der Waals surface area contributed by atoms with Crippen molar-refractivity contribution in [3.05, 3.63) is 152 Å². The van der Waals surface area contributed by atoms with Crippen molar-refractivity contribution in [1.82, 2.24) is 83.1 Å². The summed E-state index contributed by atoms with van der Waals surface area (Å²) >= 11 is 0. The molecule has 0 unspecified atom stereocenters. The second-order valence-electron chi connectivity index (χ2n) is 29.7. The molecule has 17 rings (SSSR count). The van der Waals surface area contributed by atoms with Crippen LogP contribution in [0, 0.1) is 66.1 Å². The minimum Gasteiger partial charge on any atom is -0.456 e. The van der Waals surface area contributed by atoms with Gasteiger partial charge < -0.3 is 44.5 Å². The van der Waals surface area contributed by atoms with E-state index in [2.05, 4.69) is 73.7 Å². The van der Waals surface area contributed by atoms with E-state index < -0.39 is 29.4 Å². The zero-order valence-corrected chi connectivity index (χ0v) is 60.4. The number of H-pyrrole nitrogens is 1. The van der Waals surface area contributed by atoms with Crippen molar-refractivity contribution >= 4 is 68.8 Å². The third-order valence-corrected chi connectivity index (χ3v) is 21.5. The predicted molar refractivity (Wildman–Crippen MR) is 385 cm³/mol.